The Balaban J connectivity index is 1.55. The van der Waals surface area contributed by atoms with Gasteiger partial charge in [-0.15, -0.1) is 0 Å². The molecule has 2 aromatic rings. The summed E-state index contributed by atoms with van der Waals surface area (Å²) in [4.78, 5) is 13.4. The van der Waals surface area contributed by atoms with Gasteiger partial charge in [0.25, 0.3) is 0 Å². The molecule has 29 heavy (non-hydrogen) atoms. The van der Waals surface area contributed by atoms with Crippen molar-refractivity contribution in [1.82, 2.24) is 4.90 Å². The predicted molar refractivity (Wildman–Crippen MR) is 107 cm³/mol. The fourth-order valence-electron chi connectivity index (χ4n) is 3.57. The number of piperidine rings is 1. The third kappa shape index (κ3) is 5.39. The van der Waals surface area contributed by atoms with Crippen molar-refractivity contribution < 1.29 is 22.0 Å². The number of hydrogen-bond acceptors (Lipinski definition) is 4. The van der Waals surface area contributed by atoms with E-state index < -0.39 is 26.7 Å². The molecule has 1 heterocycles. The molecule has 1 saturated heterocycles. The normalized spacial score (nSPS) is 16.0. The molecule has 5 nitrogen and oxygen atoms in total. The maximum Gasteiger partial charge on any atom is 0.221 e. The van der Waals surface area contributed by atoms with Crippen LogP contribution in [0.5, 0.6) is 0 Å². The lowest BCUT2D eigenvalue weighted by molar-refractivity contribution is -0.114. The number of carbonyl (C=O) groups is 1. The van der Waals surface area contributed by atoms with Gasteiger partial charge in [-0.3, -0.25) is 4.79 Å². The molecular formula is C21H24F2N2O3S. The van der Waals surface area contributed by atoms with Crippen LogP contribution >= 0.6 is 0 Å². The summed E-state index contributed by atoms with van der Waals surface area (Å²) in [6.07, 6.45) is 1.46. The van der Waals surface area contributed by atoms with Crippen molar-refractivity contribution in [2.45, 2.75) is 36.3 Å². The Morgan fingerprint density at radius 1 is 1.10 bits per heavy atom. The lowest BCUT2D eigenvalue weighted by Crippen LogP contribution is -2.40. The summed E-state index contributed by atoms with van der Waals surface area (Å²) < 4.78 is 52.5. The van der Waals surface area contributed by atoms with Crippen molar-refractivity contribution in [1.29, 1.82) is 0 Å². The molecule has 0 bridgehead atoms. The highest BCUT2D eigenvalue weighted by molar-refractivity contribution is 7.92. The van der Waals surface area contributed by atoms with Crippen molar-refractivity contribution in [3.05, 3.63) is 59.7 Å². The van der Waals surface area contributed by atoms with Crippen LogP contribution in [0.1, 0.15) is 25.3 Å². The standard InChI is InChI=1S/C21H24F2N2O3S/c1-15(26)24-18-4-6-19(7-5-18)29(27,28)20-9-12-25(13-10-20)11-8-16-2-3-17(22)14-21(16)23/h2-7,14,20H,8-13H2,1H3,(H,24,26). The number of sulfone groups is 1. The fraction of sp³-hybridized carbons (Fsp3) is 0.381. The van der Waals surface area contributed by atoms with E-state index in [9.17, 15) is 22.0 Å². The van der Waals surface area contributed by atoms with Gasteiger partial charge in [0.1, 0.15) is 11.6 Å². The Kier molecular flexibility index (Phi) is 6.64. The van der Waals surface area contributed by atoms with Gasteiger partial charge in [-0.05, 0) is 68.2 Å². The van der Waals surface area contributed by atoms with Crippen LogP contribution in [-0.4, -0.2) is 44.1 Å². The zero-order valence-corrected chi connectivity index (χ0v) is 17.0. The molecule has 0 atom stereocenters. The highest BCUT2D eigenvalue weighted by atomic mass is 32.2. The van der Waals surface area contributed by atoms with E-state index in [0.29, 0.717) is 50.1 Å². The molecule has 0 aromatic heterocycles. The smallest absolute Gasteiger partial charge is 0.221 e. The number of halogens is 2. The Hall–Kier alpha value is -2.32. The van der Waals surface area contributed by atoms with E-state index in [2.05, 4.69) is 10.2 Å². The molecule has 8 heteroatoms. The molecule has 2 aromatic carbocycles. The van der Waals surface area contributed by atoms with E-state index in [4.69, 9.17) is 0 Å². The van der Waals surface area contributed by atoms with Crippen LogP contribution < -0.4 is 5.32 Å². The maximum absolute atomic E-state index is 13.7. The van der Waals surface area contributed by atoms with E-state index in [-0.39, 0.29) is 10.8 Å². The molecule has 0 aliphatic carbocycles. The van der Waals surface area contributed by atoms with Gasteiger partial charge in [0.15, 0.2) is 9.84 Å². The third-order valence-electron chi connectivity index (χ3n) is 5.19. The average Bonchev–Trinajstić information content (AvgIpc) is 2.67. The van der Waals surface area contributed by atoms with Crippen molar-refractivity contribution in [2.75, 3.05) is 25.0 Å². The van der Waals surface area contributed by atoms with Gasteiger partial charge in [-0.1, -0.05) is 6.07 Å². The summed E-state index contributed by atoms with van der Waals surface area (Å²) in [5.74, 6) is -1.36. The molecular weight excluding hydrogens is 398 g/mol. The van der Waals surface area contributed by atoms with Crippen molar-refractivity contribution in [3.8, 4) is 0 Å². The molecule has 1 aliphatic rings. The largest absolute Gasteiger partial charge is 0.326 e. The highest BCUT2D eigenvalue weighted by Crippen LogP contribution is 2.26. The summed E-state index contributed by atoms with van der Waals surface area (Å²) in [6, 6.07) is 9.78. The van der Waals surface area contributed by atoms with Crippen LogP contribution in [0.4, 0.5) is 14.5 Å². The number of nitrogens with one attached hydrogen (secondary N) is 1. The van der Waals surface area contributed by atoms with Gasteiger partial charge in [0, 0.05) is 25.2 Å². The van der Waals surface area contributed by atoms with Crippen molar-refractivity contribution in [2.24, 2.45) is 0 Å². The summed E-state index contributed by atoms with van der Waals surface area (Å²) in [5.41, 5.74) is 1.01. The minimum Gasteiger partial charge on any atom is -0.326 e. The number of carbonyl (C=O) groups excluding carboxylic acids is 1. The maximum atomic E-state index is 13.7. The predicted octanol–water partition coefficient (Wildman–Crippen LogP) is 3.40. The number of amides is 1. The van der Waals surface area contributed by atoms with Crippen molar-refractivity contribution in [3.63, 3.8) is 0 Å². The molecule has 0 radical (unpaired) electrons. The molecule has 0 unspecified atom stereocenters. The Labute approximate surface area is 169 Å². The number of hydrogen-bond donors (Lipinski definition) is 1. The fourth-order valence-corrected chi connectivity index (χ4v) is 5.30. The second kappa shape index (κ2) is 9.00. The van der Waals surface area contributed by atoms with Gasteiger partial charge >= 0.3 is 0 Å². The van der Waals surface area contributed by atoms with Crippen LogP contribution in [-0.2, 0) is 21.1 Å². The van der Waals surface area contributed by atoms with E-state index in [1.54, 1.807) is 12.1 Å². The number of benzene rings is 2. The minimum absolute atomic E-state index is 0.214. The zero-order valence-electron chi connectivity index (χ0n) is 16.2. The number of rotatable bonds is 6. The monoisotopic (exact) mass is 422 g/mol. The van der Waals surface area contributed by atoms with Crippen LogP contribution in [0.2, 0.25) is 0 Å². The van der Waals surface area contributed by atoms with E-state index in [1.165, 1.54) is 31.2 Å². The zero-order chi connectivity index (χ0) is 21.0. The summed E-state index contributed by atoms with van der Waals surface area (Å²) >= 11 is 0. The highest BCUT2D eigenvalue weighted by Gasteiger charge is 2.31. The molecule has 1 N–H and O–H groups in total. The summed E-state index contributed by atoms with van der Waals surface area (Å²) in [5, 5.41) is 2.15. The van der Waals surface area contributed by atoms with Gasteiger partial charge in [0.2, 0.25) is 5.91 Å². The number of nitrogens with zero attached hydrogens (tertiary/aromatic N) is 1. The van der Waals surface area contributed by atoms with Gasteiger partial charge in [0.05, 0.1) is 10.1 Å². The molecule has 1 amide bonds. The third-order valence-corrected chi connectivity index (χ3v) is 7.47. The first kappa shape index (κ1) is 21.4. The topological polar surface area (TPSA) is 66.5 Å². The van der Waals surface area contributed by atoms with Crippen LogP contribution in [0.25, 0.3) is 0 Å². The van der Waals surface area contributed by atoms with Crippen LogP contribution in [0, 0.1) is 11.6 Å². The SMILES string of the molecule is CC(=O)Nc1ccc(S(=O)(=O)C2CCN(CCc3ccc(F)cc3F)CC2)cc1. The van der Waals surface area contributed by atoms with E-state index >= 15 is 0 Å². The summed E-state index contributed by atoms with van der Waals surface area (Å²) in [6.45, 7) is 3.21. The quantitative estimate of drug-likeness (QED) is 0.775. The number of anilines is 1. The Morgan fingerprint density at radius 2 is 1.76 bits per heavy atom. The first-order valence-corrected chi connectivity index (χ1v) is 11.1. The molecule has 0 spiro atoms. The van der Waals surface area contributed by atoms with Crippen molar-refractivity contribution >= 4 is 21.4 Å². The van der Waals surface area contributed by atoms with E-state index in [1.807, 2.05) is 0 Å². The van der Waals surface area contributed by atoms with Gasteiger partial charge in [-0.2, -0.15) is 0 Å². The average molecular weight is 422 g/mol. The number of likely N-dealkylation sites (tertiary alicyclic amines) is 1. The van der Waals surface area contributed by atoms with Gasteiger partial charge in [-0.25, -0.2) is 17.2 Å². The molecule has 0 saturated carbocycles. The van der Waals surface area contributed by atoms with Crippen LogP contribution in [0.3, 0.4) is 0 Å². The second-order valence-electron chi connectivity index (χ2n) is 7.28. The lowest BCUT2D eigenvalue weighted by atomic mass is 10.1. The first-order chi connectivity index (χ1) is 13.8. The molecule has 1 fully saturated rings. The second-order valence-corrected chi connectivity index (χ2v) is 9.51. The first-order valence-electron chi connectivity index (χ1n) is 9.53. The lowest BCUT2D eigenvalue weighted by Gasteiger charge is -2.31. The van der Waals surface area contributed by atoms with Gasteiger partial charge < -0.3 is 10.2 Å². The van der Waals surface area contributed by atoms with Crippen LogP contribution in [0.15, 0.2) is 47.4 Å². The molecule has 1 aliphatic heterocycles. The summed E-state index contributed by atoms with van der Waals surface area (Å²) in [7, 11) is -3.45. The van der Waals surface area contributed by atoms with E-state index in [0.717, 1.165) is 6.07 Å². The molecule has 3 rings (SSSR count). The Bertz CT molecular complexity index is 970. The Morgan fingerprint density at radius 3 is 2.34 bits per heavy atom. The molecule has 156 valence electrons. The minimum atomic E-state index is -3.45.